The number of hydrogen-bond acceptors (Lipinski definition) is 4. The Bertz CT molecular complexity index is 348. The normalized spacial score (nSPS) is 15.9. The zero-order chi connectivity index (χ0) is 9.97. The molecule has 1 aliphatic rings. The molecule has 0 unspecified atom stereocenters. The van der Waals surface area contributed by atoms with Crippen LogP contribution in [0.5, 0.6) is 0 Å². The molecule has 1 aliphatic heterocycles. The molecule has 0 spiro atoms. The molecule has 14 heavy (non-hydrogen) atoms. The molecule has 0 saturated carbocycles. The summed E-state index contributed by atoms with van der Waals surface area (Å²) in [5, 5.41) is 3.33. The van der Waals surface area contributed by atoms with Gasteiger partial charge in [-0.05, 0) is 28.1 Å². The second-order valence-corrected chi connectivity index (χ2v) is 5.73. The molecule has 3 nitrogen and oxygen atoms in total. The third-order valence-electron chi connectivity index (χ3n) is 2.11. The SMILES string of the molecule is CN1CCN=C1NCc1ccc(Br)s1. The molecule has 0 bridgehead atoms. The Morgan fingerprint density at radius 1 is 1.64 bits per heavy atom. The monoisotopic (exact) mass is 273 g/mol. The van der Waals surface area contributed by atoms with Crippen molar-refractivity contribution in [2.45, 2.75) is 6.54 Å². The number of nitrogens with one attached hydrogen (secondary N) is 1. The fraction of sp³-hybridized carbons (Fsp3) is 0.444. The van der Waals surface area contributed by atoms with E-state index in [1.807, 2.05) is 0 Å². The maximum atomic E-state index is 4.36. The summed E-state index contributed by atoms with van der Waals surface area (Å²) >= 11 is 5.20. The van der Waals surface area contributed by atoms with Gasteiger partial charge in [0, 0.05) is 18.5 Å². The zero-order valence-electron chi connectivity index (χ0n) is 7.96. The summed E-state index contributed by atoms with van der Waals surface area (Å²) in [6.45, 7) is 2.79. The lowest BCUT2D eigenvalue weighted by Crippen LogP contribution is -2.34. The van der Waals surface area contributed by atoms with E-state index in [0.717, 1.165) is 25.6 Å². The predicted octanol–water partition coefficient (Wildman–Crippen LogP) is 1.90. The van der Waals surface area contributed by atoms with E-state index < -0.39 is 0 Å². The van der Waals surface area contributed by atoms with E-state index in [4.69, 9.17) is 0 Å². The van der Waals surface area contributed by atoms with Crippen LogP contribution in [0, 0.1) is 0 Å². The molecule has 2 heterocycles. The molecule has 76 valence electrons. The summed E-state index contributed by atoms with van der Waals surface area (Å²) in [6.07, 6.45) is 0. The molecule has 0 radical (unpaired) electrons. The topological polar surface area (TPSA) is 27.6 Å². The highest BCUT2D eigenvalue weighted by Crippen LogP contribution is 2.21. The van der Waals surface area contributed by atoms with Gasteiger partial charge >= 0.3 is 0 Å². The van der Waals surface area contributed by atoms with Gasteiger partial charge in [-0.3, -0.25) is 4.99 Å². The van der Waals surface area contributed by atoms with Crippen LogP contribution in [0.15, 0.2) is 20.9 Å². The van der Waals surface area contributed by atoms with Crippen molar-refractivity contribution in [2.24, 2.45) is 4.99 Å². The highest BCUT2D eigenvalue weighted by atomic mass is 79.9. The first kappa shape index (κ1) is 9.98. The highest BCUT2D eigenvalue weighted by molar-refractivity contribution is 9.11. The quantitative estimate of drug-likeness (QED) is 0.892. The van der Waals surface area contributed by atoms with E-state index in [2.05, 4.69) is 50.3 Å². The summed E-state index contributed by atoms with van der Waals surface area (Å²) in [5.41, 5.74) is 0. The first-order valence-electron chi connectivity index (χ1n) is 4.49. The third kappa shape index (κ3) is 2.27. The van der Waals surface area contributed by atoms with Gasteiger partial charge in [0.25, 0.3) is 0 Å². The molecule has 1 aromatic heterocycles. The number of halogens is 1. The van der Waals surface area contributed by atoms with Gasteiger partial charge < -0.3 is 10.2 Å². The Kier molecular flexibility index (Phi) is 3.08. The largest absolute Gasteiger partial charge is 0.351 e. The van der Waals surface area contributed by atoms with Crippen molar-refractivity contribution in [1.29, 1.82) is 0 Å². The van der Waals surface area contributed by atoms with Crippen LogP contribution < -0.4 is 5.32 Å². The van der Waals surface area contributed by atoms with Gasteiger partial charge in [0.05, 0.1) is 16.9 Å². The molecule has 0 atom stereocenters. The average molecular weight is 274 g/mol. The number of thiophene rings is 1. The summed E-state index contributed by atoms with van der Waals surface area (Å²) in [4.78, 5) is 7.82. The van der Waals surface area contributed by atoms with Crippen molar-refractivity contribution in [3.8, 4) is 0 Å². The molecule has 0 fully saturated rings. The molecule has 0 aromatic carbocycles. The highest BCUT2D eigenvalue weighted by Gasteiger charge is 2.11. The van der Waals surface area contributed by atoms with Gasteiger partial charge in [0.15, 0.2) is 5.96 Å². The molecular formula is C9H12BrN3S. The Morgan fingerprint density at radius 3 is 3.07 bits per heavy atom. The van der Waals surface area contributed by atoms with E-state index in [1.54, 1.807) is 11.3 Å². The molecule has 0 saturated heterocycles. The summed E-state index contributed by atoms with van der Waals surface area (Å²) in [7, 11) is 2.06. The van der Waals surface area contributed by atoms with Crippen LogP contribution >= 0.6 is 27.3 Å². The number of nitrogens with zero attached hydrogens (tertiary/aromatic N) is 2. The van der Waals surface area contributed by atoms with Crippen LogP contribution in [-0.4, -0.2) is 31.0 Å². The van der Waals surface area contributed by atoms with Crippen molar-refractivity contribution in [2.75, 3.05) is 20.1 Å². The van der Waals surface area contributed by atoms with E-state index >= 15 is 0 Å². The zero-order valence-corrected chi connectivity index (χ0v) is 10.4. The summed E-state index contributed by atoms with van der Waals surface area (Å²) in [6, 6.07) is 4.19. The second kappa shape index (κ2) is 4.31. The molecule has 1 aromatic rings. The minimum Gasteiger partial charge on any atom is -0.351 e. The fourth-order valence-corrected chi connectivity index (χ4v) is 2.76. The van der Waals surface area contributed by atoms with Crippen molar-refractivity contribution in [1.82, 2.24) is 10.2 Å². The summed E-state index contributed by atoms with van der Waals surface area (Å²) in [5.74, 6) is 1.01. The van der Waals surface area contributed by atoms with Crippen LogP contribution in [0.1, 0.15) is 4.88 Å². The lowest BCUT2D eigenvalue weighted by molar-refractivity contribution is 0.534. The van der Waals surface area contributed by atoms with Crippen molar-refractivity contribution in [3.05, 3.63) is 20.8 Å². The van der Waals surface area contributed by atoms with Crippen LogP contribution in [0.4, 0.5) is 0 Å². The van der Waals surface area contributed by atoms with E-state index in [1.165, 1.54) is 8.66 Å². The van der Waals surface area contributed by atoms with E-state index in [9.17, 15) is 0 Å². The number of guanidine groups is 1. The van der Waals surface area contributed by atoms with Gasteiger partial charge in [-0.1, -0.05) is 0 Å². The van der Waals surface area contributed by atoms with Gasteiger partial charge in [-0.2, -0.15) is 0 Å². The number of likely N-dealkylation sites (N-methyl/N-ethyl adjacent to an activating group) is 1. The maximum Gasteiger partial charge on any atom is 0.194 e. The molecule has 2 rings (SSSR count). The lowest BCUT2D eigenvalue weighted by Gasteiger charge is -2.14. The van der Waals surface area contributed by atoms with Crippen LogP contribution in [0.25, 0.3) is 0 Å². The number of rotatable bonds is 2. The smallest absolute Gasteiger partial charge is 0.194 e. The lowest BCUT2D eigenvalue weighted by atomic mass is 10.5. The van der Waals surface area contributed by atoms with Crippen LogP contribution in [-0.2, 0) is 6.54 Å². The molecule has 5 heteroatoms. The second-order valence-electron chi connectivity index (χ2n) is 3.19. The first-order chi connectivity index (χ1) is 6.75. The van der Waals surface area contributed by atoms with Crippen LogP contribution in [0.2, 0.25) is 0 Å². The Morgan fingerprint density at radius 2 is 2.50 bits per heavy atom. The van der Waals surface area contributed by atoms with E-state index in [-0.39, 0.29) is 0 Å². The third-order valence-corrected chi connectivity index (χ3v) is 3.73. The fourth-order valence-electron chi connectivity index (χ4n) is 1.34. The predicted molar refractivity (Wildman–Crippen MR) is 63.8 cm³/mol. The van der Waals surface area contributed by atoms with Crippen molar-refractivity contribution in [3.63, 3.8) is 0 Å². The van der Waals surface area contributed by atoms with Gasteiger partial charge in [0.2, 0.25) is 0 Å². The standard InChI is InChI=1S/C9H12BrN3S/c1-13-5-4-11-9(13)12-6-7-2-3-8(10)14-7/h2-3H,4-6H2,1H3,(H,11,12). The van der Waals surface area contributed by atoms with Gasteiger partial charge in [0.1, 0.15) is 0 Å². The summed E-state index contributed by atoms with van der Waals surface area (Å²) < 4.78 is 1.18. The maximum absolute atomic E-state index is 4.36. The van der Waals surface area contributed by atoms with Crippen molar-refractivity contribution < 1.29 is 0 Å². The molecule has 1 N–H and O–H groups in total. The van der Waals surface area contributed by atoms with Crippen molar-refractivity contribution >= 4 is 33.2 Å². The Balaban J connectivity index is 1.88. The van der Waals surface area contributed by atoms with E-state index in [0.29, 0.717) is 0 Å². The molecule has 0 aliphatic carbocycles. The Hall–Kier alpha value is -0.550. The number of aliphatic imine (C=N–C) groups is 1. The van der Waals surface area contributed by atoms with Gasteiger partial charge in [-0.25, -0.2) is 0 Å². The van der Waals surface area contributed by atoms with Gasteiger partial charge in [-0.15, -0.1) is 11.3 Å². The molecule has 0 amide bonds. The molecular weight excluding hydrogens is 262 g/mol. The van der Waals surface area contributed by atoms with Crippen LogP contribution in [0.3, 0.4) is 0 Å². The minimum atomic E-state index is 0.861. The number of hydrogen-bond donors (Lipinski definition) is 1. The Labute approximate surface area is 96.0 Å². The average Bonchev–Trinajstić information content (AvgIpc) is 2.72. The first-order valence-corrected chi connectivity index (χ1v) is 6.10. The minimum absolute atomic E-state index is 0.861.